The lowest BCUT2D eigenvalue weighted by molar-refractivity contribution is -0.114. The minimum absolute atomic E-state index is 0.178. The van der Waals surface area contributed by atoms with E-state index in [0.29, 0.717) is 16.3 Å². The Morgan fingerprint density at radius 3 is 2.86 bits per heavy atom. The zero-order valence-corrected chi connectivity index (χ0v) is 12.5. The van der Waals surface area contributed by atoms with Crippen molar-refractivity contribution in [2.24, 2.45) is 5.73 Å². The molecule has 1 aromatic carbocycles. The summed E-state index contributed by atoms with van der Waals surface area (Å²) in [6, 6.07) is 5.86. The summed E-state index contributed by atoms with van der Waals surface area (Å²) in [7, 11) is 0. The fourth-order valence-electron chi connectivity index (χ4n) is 2.79. The van der Waals surface area contributed by atoms with Gasteiger partial charge in [-0.05, 0) is 41.7 Å². The van der Waals surface area contributed by atoms with Gasteiger partial charge in [0.1, 0.15) is 11.2 Å². The molecular weight excluding hydrogens is 286 g/mol. The Morgan fingerprint density at radius 2 is 2.19 bits per heavy atom. The van der Waals surface area contributed by atoms with E-state index in [9.17, 15) is 9.90 Å². The van der Waals surface area contributed by atoms with Gasteiger partial charge in [0, 0.05) is 23.1 Å². The first-order valence-corrected chi connectivity index (χ1v) is 7.54. The van der Waals surface area contributed by atoms with Crippen LogP contribution in [0.1, 0.15) is 29.8 Å². The van der Waals surface area contributed by atoms with Crippen molar-refractivity contribution >= 4 is 27.9 Å². The second-order valence-corrected chi connectivity index (χ2v) is 6.22. The maximum atomic E-state index is 11.4. The average Bonchev–Trinajstić information content (AvgIpc) is 2.76. The molecule has 0 fully saturated rings. The summed E-state index contributed by atoms with van der Waals surface area (Å²) in [5.41, 5.74) is 16.2. The first-order valence-electron chi connectivity index (χ1n) is 6.73. The number of nitrogen functional groups attached to an aromatic ring is 1. The van der Waals surface area contributed by atoms with Gasteiger partial charge in [0.15, 0.2) is 0 Å². The Balaban J connectivity index is 2.20. The molecule has 0 saturated heterocycles. The van der Waals surface area contributed by atoms with Gasteiger partial charge >= 0.3 is 0 Å². The van der Waals surface area contributed by atoms with E-state index >= 15 is 0 Å². The van der Waals surface area contributed by atoms with Crippen molar-refractivity contribution in [1.82, 2.24) is 0 Å². The Kier molecular flexibility index (Phi) is 3.44. The highest BCUT2D eigenvalue weighted by Gasteiger charge is 2.27. The number of aryl methyl sites for hydroxylation is 1. The van der Waals surface area contributed by atoms with E-state index in [-0.39, 0.29) is 5.91 Å². The summed E-state index contributed by atoms with van der Waals surface area (Å²) in [4.78, 5) is 12.4. The second-order valence-electron chi connectivity index (χ2n) is 5.20. The predicted octanol–water partition coefficient (Wildman–Crippen LogP) is 2.00. The molecule has 6 N–H and O–H groups in total. The van der Waals surface area contributed by atoms with Crippen LogP contribution >= 0.6 is 11.3 Å². The highest BCUT2D eigenvalue weighted by Crippen LogP contribution is 2.46. The van der Waals surface area contributed by atoms with Crippen molar-refractivity contribution < 1.29 is 9.90 Å². The minimum Gasteiger partial charge on any atom is -0.399 e. The lowest BCUT2D eigenvalue weighted by atomic mass is 9.88. The van der Waals surface area contributed by atoms with Gasteiger partial charge in [0.2, 0.25) is 5.91 Å². The smallest absolute Gasteiger partial charge is 0.221 e. The van der Waals surface area contributed by atoms with Crippen LogP contribution in [0.4, 0.5) is 10.7 Å². The fourth-order valence-corrected chi connectivity index (χ4v) is 4.18. The molecular formula is C15H17N3O2S. The van der Waals surface area contributed by atoms with Crippen molar-refractivity contribution in [3.8, 4) is 10.4 Å². The quantitative estimate of drug-likeness (QED) is 0.503. The lowest BCUT2D eigenvalue weighted by Crippen LogP contribution is -2.15. The van der Waals surface area contributed by atoms with E-state index in [1.165, 1.54) is 23.8 Å². The van der Waals surface area contributed by atoms with Crippen LogP contribution in [0.3, 0.4) is 0 Å². The molecule has 5 nitrogen and oxygen atoms in total. The van der Waals surface area contributed by atoms with Gasteiger partial charge in [-0.15, -0.1) is 11.3 Å². The van der Waals surface area contributed by atoms with E-state index in [0.717, 1.165) is 28.8 Å². The largest absolute Gasteiger partial charge is 0.399 e. The number of carbonyl (C=O) groups excluding carboxylic acids is 1. The molecule has 1 aliphatic carbocycles. The van der Waals surface area contributed by atoms with Crippen LogP contribution in [0.2, 0.25) is 0 Å². The highest BCUT2D eigenvalue weighted by atomic mass is 32.1. The summed E-state index contributed by atoms with van der Waals surface area (Å²) in [6.45, 7) is 1.44. The number of aliphatic hydroxyl groups excluding tert-OH is 1. The van der Waals surface area contributed by atoms with Gasteiger partial charge in [0.25, 0.3) is 0 Å². The standard InChI is InChI=1S/C15H17N3O2S/c1-7(19)18-15-12(14(17)20)10-5-3-8-2-4-9(16)6-11(8)13(10)21-15/h2,4,6,14,20H,3,5,16-17H2,1H3,(H,18,19). The number of carbonyl (C=O) groups is 1. The van der Waals surface area contributed by atoms with Crippen molar-refractivity contribution in [2.45, 2.75) is 26.0 Å². The SMILES string of the molecule is CC(=O)Nc1sc2c(c1C(N)O)CCc1ccc(N)cc1-2. The zero-order valence-electron chi connectivity index (χ0n) is 11.6. The number of nitrogens with two attached hydrogens (primary N) is 2. The summed E-state index contributed by atoms with van der Waals surface area (Å²) in [5, 5.41) is 13.3. The van der Waals surface area contributed by atoms with Crippen molar-refractivity contribution in [3.63, 3.8) is 0 Å². The monoisotopic (exact) mass is 303 g/mol. The van der Waals surface area contributed by atoms with Gasteiger partial charge in [-0.3, -0.25) is 4.79 Å². The molecule has 1 heterocycles. The molecule has 2 aromatic rings. The Labute approximate surface area is 126 Å². The Hall–Kier alpha value is -1.89. The van der Waals surface area contributed by atoms with Gasteiger partial charge in [-0.2, -0.15) is 0 Å². The van der Waals surface area contributed by atoms with Crippen LogP contribution in [0.25, 0.3) is 10.4 Å². The minimum atomic E-state index is -1.10. The van der Waals surface area contributed by atoms with Crippen LogP contribution in [0.5, 0.6) is 0 Å². The molecule has 1 atom stereocenters. The lowest BCUT2D eigenvalue weighted by Gasteiger charge is -2.18. The molecule has 1 amide bonds. The second kappa shape index (κ2) is 5.14. The van der Waals surface area contributed by atoms with Crippen LogP contribution in [0, 0.1) is 0 Å². The normalized spacial score (nSPS) is 14.2. The van der Waals surface area contributed by atoms with Gasteiger partial charge < -0.3 is 21.9 Å². The molecule has 6 heteroatoms. The molecule has 21 heavy (non-hydrogen) atoms. The summed E-state index contributed by atoms with van der Waals surface area (Å²) >= 11 is 1.44. The van der Waals surface area contributed by atoms with Crippen LogP contribution in [-0.4, -0.2) is 11.0 Å². The number of aliphatic hydroxyl groups is 1. The number of anilines is 2. The number of hydrogen-bond donors (Lipinski definition) is 4. The number of hydrogen-bond acceptors (Lipinski definition) is 5. The number of amides is 1. The Bertz CT molecular complexity index is 722. The van der Waals surface area contributed by atoms with Crippen LogP contribution < -0.4 is 16.8 Å². The number of nitrogens with one attached hydrogen (secondary N) is 1. The molecule has 1 aromatic heterocycles. The zero-order chi connectivity index (χ0) is 15.1. The predicted molar refractivity (Wildman–Crippen MR) is 85.0 cm³/mol. The number of fused-ring (bicyclic) bond motifs is 3. The van der Waals surface area contributed by atoms with Crippen LogP contribution in [-0.2, 0) is 17.6 Å². The summed E-state index contributed by atoms with van der Waals surface area (Å²) in [5.74, 6) is -0.178. The van der Waals surface area contributed by atoms with Gasteiger partial charge in [0.05, 0.1) is 0 Å². The average molecular weight is 303 g/mol. The molecule has 0 aliphatic heterocycles. The van der Waals surface area contributed by atoms with Crippen molar-refractivity contribution in [1.29, 1.82) is 0 Å². The molecule has 0 saturated carbocycles. The summed E-state index contributed by atoms with van der Waals surface area (Å²) < 4.78 is 0. The molecule has 0 bridgehead atoms. The van der Waals surface area contributed by atoms with Gasteiger partial charge in [-0.25, -0.2) is 0 Å². The fraction of sp³-hybridized carbons (Fsp3) is 0.267. The van der Waals surface area contributed by atoms with E-state index in [1.54, 1.807) is 0 Å². The van der Waals surface area contributed by atoms with Crippen molar-refractivity contribution in [3.05, 3.63) is 34.9 Å². The van der Waals surface area contributed by atoms with Crippen molar-refractivity contribution in [2.75, 3.05) is 11.1 Å². The molecule has 3 rings (SSSR count). The Morgan fingerprint density at radius 1 is 1.43 bits per heavy atom. The third kappa shape index (κ3) is 2.42. The molecule has 0 radical (unpaired) electrons. The number of rotatable bonds is 2. The molecule has 0 spiro atoms. The maximum Gasteiger partial charge on any atom is 0.221 e. The third-order valence-electron chi connectivity index (χ3n) is 3.66. The van der Waals surface area contributed by atoms with E-state index < -0.39 is 6.23 Å². The summed E-state index contributed by atoms with van der Waals surface area (Å²) in [6.07, 6.45) is 0.569. The van der Waals surface area contributed by atoms with E-state index in [4.69, 9.17) is 11.5 Å². The molecule has 1 unspecified atom stereocenters. The van der Waals surface area contributed by atoms with Gasteiger partial charge in [-0.1, -0.05) is 6.07 Å². The molecule has 1 aliphatic rings. The molecule has 110 valence electrons. The first-order chi connectivity index (χ1) is 9.97. The topological polar surface area (TPSA) is 101 Å². The number of thiophene rings is 1. The first kappa shape index (κ1) is 14.1. The van der Waals surface area contributed by atoms with Crippen LogP contribution in [0.15, 0.2) is 18.2 Å². The highest BCUT2D eigenvalue weighted by molar-refractivity contribution is 7.20. The van der Waals surface area contributed by atoms with E-state index in [1.807, 2.05) is 18.2 Å². The van der Waals surface area contributed by atoms with E-state index in [2.05, 4.69) is 5.32 Å². The number of benzene rings is 1. The third-order valence-corrected chi connectivity index (χ3v) is 4.85. The maximum absolute atomic E-state index is 11.4.